The molecule has 0 N–H and O–H groups in total. The molecule has 1 atom stereocenters. The minimum absolute atomic E-state index is 0.0282. The smallest absolute Gasteiger partial charge is 0.227 e. The van der Waals surface area contributed by atoms with Crippen molar-refractivity contribution < 1.29 is 9.18 Å². The molecule has 1 aliphatic rings. The zero-order valence-electron chi connectivity index (χ0n) is 12.7. The Labute approximate surface area is 133 Å². The summed E-state index contributed by atoms with van der Waals surface area (Å²) in [7, 11) is 1.96. The molecule has 0 unspecified atom stereocenters. The fourth-order valence-electron chi connectivity index (χ4n) is 3.31. The van der Waals surface area contributed by atoms with Gasteiger partial charge in [-0.2, -0.15) is 0 Å². The van der Waals surface area contributed by atoms with Gasteiger partial charge in [-0.15, -0.1) is 0 Å². The number of rotatable bonds is 2. The van der Waals surface area contributed by atoms with E-state index in [1.165, 1.54) is 11.0 Å². The number of amides is 1. The molecule has 1 aliphatic heterocycles. The standard InChI is InChI=1S/C18H16FN3O/c1-21-16-9-5-3-7-14(16)20-18(21)12-10-17(23)22(11-12)15-8-4-2-6-13(15)19/h2-9,12H,10-11H2,1H3/t12-/m0/s1. The summed E-state index contributed by atoms with van der Waals surface area (Å²) in [5, 5.41) is 0. The van der Waals surface area contributed by atoms with Crippen LogP contribution in [0.15, 0.2) is 48.5 Å². The van der Waals surface area contributed by atoms with Crippen LogP contribution in [0.1, 0.15) is 18.2 Å². The van der Waals surface area contributed by atoms with E-state index in [1.54, 1.807) is 18.2 Å². The molecule has 2 heterocycles. The number of benzene rings is 2. The van der Waals surface area contributed by atoms with Gasteiger partial charge in [0.2, 0.25) is 5.91 Å². The van der Waals surface area contributed by atoms with Gasteiger partial charge in [-0.25, -0.2) is 9.37 Å². The van der Waals surface area contributed by atoms with Gasteiger partial charge in [0.1, 0.15) is 11.6 Å². The SMILES string of the molecule is Cn1c([C@H]2CC(=O)N(c3ccccc3F)C2)nc2ccccc21. The number of anilines is 1. The van der Waals surface area contributed by atoms with Gasteiger partial charge in [0.05, 0.1) is 16.7 Å². The summed E-state index contributed by atoms with van der Waals surface area (Å²) < 4.78 is 16.0. The first-order chi connectivity index (χ1) is 11.1. The maximum absolute atomic E-state index is 14.0. The molecule has 0 spiro atoms. The van der Waals surface area contributed by atoms with E-state index in [2.05, 4.69) is 4.98 Å². The number of para-hydroxylation sites is 3. The fourth-order valence-corrected chi connectivity index (χ4v) is 3.31. The average molecular weight is 309 g/mol. The van der Waals surface area contributed by atoms with E-state index in [4.69, 9.17) is 0 Å². The first kappa shape index (κ1) is 13.9. The third-order valence-electron chi connectivity index (χ3n) is 4.46. The molecule has 4 nitrogen and oxygen atoms in total. The average Bonchev–Trinajstić information content (AvgIpc) is 3.09. The molecule has 3 aromatic rings. The summed E-state index contributed by atoms with van der Waals surface area (Å²) >= 11 is 0. The van der Waals surface area contributed by atoms with E-state index in [0.717, 1.165) is 16.9 Å². The lowest BCUT2D eigenvalue weighted by atomic mass is 10.1. The molecule has 0 radical (unpaired) electrons. The van der Waals surface area contributed by atoms with Crippen LogP contribution in [0.4, 0.5) is 10.1 Å². The number of nitrogens with zero attached hydrogens (tertiary/aromatic N) is 3. The lowest BCUT2D eigenvalue weighted by molar-refractivity contribution is -0.117. The Kier molecular flexibility index (Phi) is 3.15. The summed E-state index contributed by atoms with van der Waals surface area (Å²) in [6.45, 7) is 0.455. The van der Waals surface area contributed by atoms with E-state index >= 15 is 0 Å². The summed E-state index contributed by atoms with van der Waals surface area (Å²) in [5.41, 5.74) is 2.31. The van der Waals surface area contributed by atoms with Gasteiger partial charge in [-0.05, 0) is 24.3 Å². The van der Waals surface area contributed by atoms with Crippen LogP contribution in [0.3, 0.4) is 0 Å². The van der Waals surface area contributed by atoms with Gasteiger partial charge in [-0.1, -0.05) is 24.3 Å². The number of hydrogen-bond acceptors (Lipinski definition) is 2. The van der Waals surface area contributed by atoms with E-state index in [0.29, 0.717) is 18.7 Å². The Morgan fingerprint density at radius 1 is 1.13 bits per heavy atom. The monoisotopic (exact) mass is 309 g/mol. The molecule has 0 aliphatic carbocycles. The normalized spacial score (nSPS) is 18.1. The fraction of sp³-hybridized carbons (Fsp3) is 0.222. The van der Waals surface area contributed by atoms with Crippen LogP contribution in [0.25, 0.3) is 11.0 Å². The van der Waals surface area contributed by atoms with E-state index < -0.39 is 0 Å². The number of aryl methyl sites for hydroxylation is 1. The Hall–Kier alpha value is -2.69. The minimum Gasteiger partial charge on any atom is -0.331 e. The van der Waals surface area contributed by atoms with Crippen molar-refractivity contribution in [2.24, 2.45) is 7.05 Å². The number of carbonyl (C=O) groups excluding carboxylic acids is 1. The first-order valence-corrected chi connectivity index (χ1v) is 7.61. The highest BCUT2D eigenvalue weighted by molar-refractivity contribution is 5.96. The molecule has 5 heteroatoms. The van der Waals surface area contributed by atoms with E-state index in [9.17, 15) is 9.18 Å². The summed E-state index contributed by atoms with van der Waals surface area (Å²) in [4.78, 5) is 18.6. The van der Waals surface area contributed by atoms with Gasteiger partial charge in [-0.3, -0.25) is 4.79 Å². The van der Waals surface area contributed by atoms with Crippen LogP contribution in [-0.4, -0.2) is 22.0 Å². The lowest BCUT2D eigenvalue weighted by Gasteiger charge is -2.17. The van der Waals surface area contributed by atoms with Crippen LogP contribution in [-0.2, 0) is 11.8 Å². The predicted octanol–water partition coefficient (Wildman–Crippen LogP) is 3.23. The Bertz CT molecular complexity index is 902. The molecule has 1 saturated heterocycles. The van der Waals surface area contributed by atoms with Crippen LogP contribution in [0.2, 0.25) is 0 Å². The molecular formula is C18H16FN3O. The molecule has 2 aromatic carbocycles. The molecule has 23 heavy (non-hydrogen) atoms. The maximum atomic E-state index is 14.0. The topological polar surface area (TPSA) is 38.1 Å². The number of carbonyl (C=O) groups is 1. The number of fused-ring (bicyclic) bond motifs is 1. The van der Waals surface area contributed by atoms with Crippen LogP contribution >= 0.6 is 0 Å². The molecule has 116 valence electrons. The molecule has 4 rings (SSSR count). The molecular weight excluding hydrogens is 293 g/mol. The summed E-state index contributed by atoms with van der Waals surface area (Å²) in [6.07, 6.45) is 0.353. The third-order valence-corrected chi connectivity index (χ3v) is 4.46. The minimum atomic E-state index is -0.369. The van der Waals surface area contributed by atoms with E-state index in [-0.39, 0.29) is 17.6 Å². The van der Waals surface area contributed by atoms with Crippen molar-refractivity contribution in [3.05, 3.63) is 60.2 Å². The lowest BCUT2D eigenvalue weighted by Crippen LogP contribution is -2.25. The van der Waals surface area contributed by atoms with Gasteiger partial charge in [0.15, 0.2) is 0 Å². The first-order valence-electron chi connectivity index (χ1n) is 7.61. The highest BCUT2D eigenvalue weighted by atomic mass is 19.1. The molecule has 0 saturated carbocycles. The quantitative estimate of drug-likeness (QED) is 0.729. The van der Waals surface area contributed by atoms with Gasteiger partial charge in [0, 0.05) is 25.9 Å². The maximum Gasteiger partial charge on any atom is 0.227 e. The zero-order valence-corrected chi connectivity index (χ0v) is 12.7. The van der Waals surface area contributed by atoms with Crippen LogP contribution in [0.5, 0.6) is 0 Å². The number of hydrogen-bond donors (Lipinski definition) is 0. The van der Waals surface area contributed by atoms with Crippen molar-refractivity contribution in [1.29, 1.82) is 0 Å². The number of imidazole rings is 1. The van der Waals surface area contributed by atoms with Gasteiger partial charge < -0.3 is 9.47 Å². The van der Waals surface area contributed by atoms with Crippen molar-refractivity contribution in [1.82, 2.24) is 9.55 Å². The molecule has 1 fully saturated rings. The van der Waals surface area contributed by atoms with Gasteiger partial charge in [0.25, 0.3) is 0 Å². The van der Waals surface area contributed by atoms with Crippen molar-refractivity contribution in [3.63, 3.8) is 0 Å². The largest absolute Gasteiger partial charge is 0.331 e. The Morgan fingerprint density at radius 3 is 2.65 bits per heavy atom. The summed E-state index contributed by atoms with van der Waals surface area (Å²) in [6, 6.07) is 14.3. The van der Waals surface area contributed by atoms with Crippen LogP contribution in [0, 0.1) is 5.82 Å². The van der Waals surface area contributed by atoms with Crippen molar-refractivity contribution in [2.75, 3.05) is 11.4 Å². The predicted molar refractivity (Wildman–Crippen MR) is 86.8 cm³/mol. The second-order valence-electron chi connectivity index (χ2n) is 5.87. The molecule has 1 amide bonds. The number of aromatic nitrogens is 2. The molecule has 1 aromatic heterocycles. The van der Waals surface area contributed by atoms with Gasteiger partial charge >= 0.3 is 0 Å². The molecule has 0 bridgehead atoms. The second-order valence-corrected chi connectivity index (χ2v) is 5.87. The highest BCUT2D eigenvalue weighted by Crippen LogP contribution is 2.33. The van der Waals surface area contributed by atoms with E-state index in [1.807, 2.05) is 35.9 Å². The second kappa shape index (κ2) is 5.19. The van der Waals surface area contributed by atoms with Crippen molar-refractivity contribution >= 4 is 22.6 Å². The van der Waals surface area contributed by atoms with Crippen LogP contribution < -0.4 is 4.90 Å². The highest BCUT2D eigenvalue weighted by Gasteiger charge is 2.35. The Balaban J connectivity index is 1.70. The van der Waals surface area contributed by atoms with Crippen molar-refractivity contribution in [2.45, 2.75) is 12.3 Å². The zero-order chi connectivity index (χ0) is 16.0. The Morgan fingerprint density at radius 2 is 1.87 bits per heavy atom. The number of halogens is 1. The van der Waals surface area contributed by atoms with Crippen molar-refractivity contribution in [3.8, 4) is 0 Å². The summed E-state index contributed by atoms with van der Waals surface area (Å²) in [5.74, 6) is 0.413. The third kappa shape index (κ3) is 2.20.